The van der Waals surface area contributed by atoms with Crippen LogP contribution >= 0.6 is 0 Å². The van der Waals surface area contributed by atoms with E-state index in [1.165, 1.54) is 0 Å². The highest BCUT2D eigenvalue weighted by atomic mass is 16.5. The lowest BCUT2D eigenvalue weighted by Crippen LogP contribution is -2.38. The van der Waals surface area contributed by atoms with Gasteiger partial charge in [0.25, 0.3) is 0 Å². The minimum Gasteiger partial charge on any atom is -0.504 e. The Morgan fingerprint density at radius 3 is 2.50 bits per heavy atom. The van der Waals surface area contributed by atoms with Gasteiger partial charge in [-0.2, -0.15) is 0 Å². The van der Waals surface area contributed by atoms with Crippen LogP contribution in [0.5, 0.6) is 11.5 Å². The quantitative estimate of drug-likeness (QED) is 0.0588. The first-order valence-electron chi connectivity index (χ1n) is 20.8. The van der Waals surface area contributed by atoms with E-state index in [4.69, 9.17) is 25.9 Å². The average molecular weight is 766 g/mol. The zero-order chi connectivity index (χ0) is 40.0. The molecular formula is C47H63N3O6. The number of aliphatic imine (C=N–C) groups is 1. The molecule has 0 aliphatic heterocycles. The third-order valence-corrected chi connectivity index (χ3v) is 11.9. The van der Waals surface area contributed by atoms with Gasteiger partial charge >= 0.3 is 0 Å². The standard InChI is InChI=1S/C47H63N3O6/c1-4-11-33(28-51)25-37(53)20-19-35-27-44(56-38-16-8-9-17-38)46(54)45-40(35)23-22-39-34(24-32-13-6-5-7-14-32)15-10-12-31(2)18-21-41(45)42(30-55-3)36(29-52)26-43(39)50-47(48)49/h5-7,13-14,25,27,31,34,36,38-39,41-43,51-52,54H,4,8-9,11-12,16-21,24,26,28-30H2,1-3H3,(H4,48,49,50)/b33-25-/t31-,34-,36-,39-,41+,42-,43+/m0/s1. The third kappa shape index (κ3) is 11.4. The zero-order valence-corrected chi connectivity index (χ0v) is 33.6. The summed E-state index contributed by atoms with van der Waals surface area (Å²) in [5, 5.41) is 33.7. The van der Waals surface area contributed by atoms with Gasteiger partial charge in [-0.15, -0.1) is 5.92 Å². The summed E-state index contributed by atoms with van der Waals surface area (Å²) in [6.07, 6.45) is 10.8. The van der Waals surface area contributed by atoms with Crippen LogP contribution in [0, 0.1) is 53.3 Å². The number of rotatable bonds is 15. The van der Waals surface area contributed by atoms with E-state index in [2.05, 4.69) is 42.7 Å². The van der Waals surface area contributed by atoms with Gasteiger partial charge in [0.2, 0.25) is 0 Å². The highest BCUT2D eigenvalue weighted by Crippen LogP contribution is 2.49. The maximum atomic E-state index is 13.4. The number of hydrogen-bond donors (Lipinski definition) is 5. The second-order valence-corrected chi connectivity index (χ2v) is 16.2. The first-order chi connectivity index (χ1) is 27.1. The lowest BCUT2D eigenvalue weighted by molar-refractivity contribution is -0.114. The van der Waals surface area contributed by atoms with E-state index in [0.717, 1.165) is 49.7 Å². The van der Waals surface area contributed by atoms with Gasteiger partial charge < -0.3 is 36.3 Å². The van der Waals surface area contributed by atoms with Crippen LogP contribution < -0.4 is 16.2 Å². The Labute approximate surface area is 334 Å². The van der Waals surface area contributed by atoms with E-state index in [1.54, 1.807) is 13.2 Å². The van der Waals surface area contributed by atoms with E-state index in [0.29, 0.717) is 67.6 Å². The topological polar surface area (TPSA) is 161 Å². The second-order valence-electron chi connectivity index (χ2n) is 16.2. The molecule has 1 saturated carbocycles. The number of benzene rings is 2. The van der Waals surface area contributed by atoms with E-state index in [9.17, 15) is 20.1 Å². The number of nitrogens with zero attached hydrogens (tertiary/aromatic N) is 1. The number of ketones is 1. The fourth-order valence-electron chi connectivity index (χ4n) is 8.98. The summed E-state index contributed by atoms with van der Waals surface area (Å²) in [6.45, 7) is 4.27. The van der Waals surface area contributed by atoms with Crippen LogP contribution in [0.15, 0.2) is 53.0 Å². The summed E-state index contributed by atoms with van der Waals surface area (Å²) >= 11 is 0. The Balaban J connectivity index is 1.80. The number of methoxy groups -OCH3 is 1. The van der Waals surface area contributed by atoms with Crippen molar-refractivity contribution >= 4 is 11.7 Å². The van der Waals surface area contributed by atoms with Crippen LogP contribution in [-0.4, -0.2) is 66.1 Å². The molecule has 0 amide bonds. The molecule has 0 heterocycles. The Kier molecular flexibility index (Phi) is 16.3. The molecule has 2 aromatic rings. The zero-order valence-electron chi connectivity index (χ0n) is 33.6. The summed E-state index contributed by atoms with van der Waals surface area (Å²) in [6, 6.07) is 11.6. The molecule has 4 aliphatic rings. The van der Waals surface area contributed by atoms with Crippen molar-refractivity contribution in [1.29, 1.82) is 0 Å². The number of aliphatic hydroxyl groups is 2. The third-order valence-electron chi connectivity index (χ3n) is 11.9. The van der Waals surface area contributed by atoms with Gasteiger partial charge in [-0.1, -0.05) is 68.4 Å². The summed E-state index contributed by atoms with van der Waals surface area (Å²) < 4.78 is 12.6. The molecule has 7 atom stereocenters. The molecule has 0 aromatic heterocycles. The maximum absolute atomic E-state index is 13.4. The first-order valence-corrected chi connectivity index (χ1v) is 20.8. The highest BCUT2D eigenvalue weighted by molar-refractivity contribution is 5.90. The predicted octanol–water partition coefficient (Wildman–Crippen LogP) is 6.58. The second kappa shape index (κ2) is 21.3. The number of ether oxygens (including phenoxy) is 2. The predicted molar refractivity (Wildman–Crippen MR) is 222 cm³/mol. The number of phenolic OH excluding ortho intramolecular Hbond substituents is 1. The number of phenols is 1. The van der Waals surface area contributed by atoms with Crippen LogP contribution in [0.4, 0.5) is 0 Å². The van der Waals surface area contributed by atoms with Crippen molar-refractivity contribution in [2.75, 3.05) is 26.9 Å². The fraction of sp³-hybridized carbons (Fsp3) is 0.574. The van der Waals surface area contributed by atoms with Crippen LogP contribution in [0.3, 0.4) is 0 Å². The van der Waals surface area contributed by atoms with E-state index in [1.807, 2.05) is 31.2 Å². The summed E-state index contributed by atoms with van der Waals surface area (Å²) in [4.78, 5) is 18.3. The molecule has 9 heteroatoms. The molecule has 4 aliphatic carbocycles. The first kappa shape index (κ1) is 42.9. The molecular weight excluding hydrogens is 703 g/mol. The van der Waals surface area contributed by atoms with Gasteiger partial charge in [-0.25, -0.2) is 4.99 Å². The molecule has 6 rings (SSSR count). The SMILES string of the molecule is CCC/C(=C/C(=O)CCc1cc(OC2CCCC2)c(O)c2c1C#C[C@H]1[C@H](Cc3ccccc3)C#CC[C@H](C)CC[C@@H]2[C@@H](COC)[C@H](CO)C[C@H]1N=C(N)N)CO. The van der Waals surface area contributed by atoms with Crippen LogP contribution in [0.25, 0.3) is 0 Å². The number of guanidine groups is 1. The largest absolute Gasteiger partial charge is 0.504 e. The van der Waals surface area contributed by atoms with Gasteiger partial charge in [0, 0.05) is 50.2 Å². The molecule has 0 spiro atoms. The molecule has 0 saturated heterocycles. The minimum atomic E-state index is -0.489. The number of aliphatic hydroxyl groups excluding tert-OH is 2. The van der Waals surface area contributed by atoms with Gasteiger partial charge in [0.05, 0.1) is 24.7 Å². The maximum Gasteiger partial charge on any atom is 0.186 e. The van der Waals surface area contributed by atoms with E-state index < -0.39 is 12.0 Å². The highest BCUT2D eigenvalue weighted by Gasteiger charge is 2.40. The number of allylic oxidation sites excluding steroid dienone is 1. The van der Waals surface area contributed by atoms with Gasteiger partial charge in [-0.3, -0.25) is 4.79 Å². The minimum absolute atomic E-state index is 0.0173. The lowest BCUT2D eigenvalue weighted by Gasteiger charge is -2.38. The Morgan fingerprint density at radius 2 is 1.82 bits per heavy atom. The number of hydrogen-bond acceptors (Lipinski definition) is 7. The number of carbonyl (C=O) groups excluding carboxylic acids is 1. The number of fused-ring (bicyclic) bond motifs is 8. The Hall–Kier alpha value is -4.28. The van der Waals surface area contributed by atoms with E-state index in [-0.39, 0.29) is 72.8 Å². The Bertz CT molecular complexity index is 1790. The number of carbonyl (C=O) groups is 1. The summed E-state index contributed by atoms with van der Waals surface area (Å²) in [5.41, 5.74) is 16.3. The van der Waals surface area contributed by atoms with Crippen LogP contribution in [-0.2, 0) is 22.4 Å². The van der Waals surface area contributed by atoms with Crippen LogP contribution in [0.1, 0.15) is 113 Å². The molecule has 0 unspecified atom stereocenters. The molecule has 1 fully saturated rings. The van der Waals surface area contributed by atoms with Crippen LogP contribution in [0.2, 0.25) is 0 Å². The molecule has 7 N–H and O–H groups in total. The summed E-state index contributed by atoms with van der Waals surface area (Å²) in [5.74, 6) is 13.5. The molecule has 56 heavy (non-hydrogen) atoms. The number of aromatic hydroxyl groups is 1. The lowest BCUT2D eigenvalue weighted by atomic mass is 9.69. The van der Waals surface area contributed by atoms with Crippen molar-refractivity contribution in [3.05, 3.63) is 70.3 Å². The smallest absolute Gasteiger partial charge is 0.186 e. The monoisotopic (exact) mass is 765 g/mol. The van der Waals surface area contributed by atoms with Gasteiger partial charge in [0.1, 0.15) is 0 Å². The normalized spacial score (nSPS) is 25.4. The van der Waals surface area contributed by atoms with E-state index >= 15 is 0 Å². The van der Waals surface area contributed by atoms with Crippen molar-refractivity contribution < 1.29 is 29.6 Å². The molecule has 2 aromatic carbocycles. The van der Waals surface area contributed by atoms with Crippen molar-refractivity contribution in [2.24, 2.45) is 46.0 Å². The number of aryl methyl sites for hydroxylation is 1. The summed E-state index contributed by atoms with van der Waals surface area (Å²) in [7, 11) is 1.67. The molecule has 302 valence electrons. The van der Waals surface area contributed by atoms with Crippen molar-refractivity contribution in [3.63, 3.8) is 0 Å². The van der Waals surface area contributed by atoms with Crippen molar-refractivity contribution in [3.8, 4) is 35.2 Å². The number of nitrogens with two attached hydrogens (primary N) is 2. The fourth-order valence-corrected chi connectivity index (χ4v) is 8.98. The molecule has 2 bridgehead atoms. The van der Waals surface area contributed by atoms with Crippen molar-refractivity contribution in [2.45, 2.75) is 115 Å². The van der Waals surface area contributed by atoms with Gasteiger partial charge in [-0.05, 0) is 117 Å². The molecule has 0 radical (unpaired) electrons. The Morgan fingerprint density at radius 1 is 1.05 bits per heavy atom. The molecule has 9 nitrogen and oxygen atoms in total. The van der Waals surface area contributed by atoms with Gasteiger partial charge in [0.15, 0.2) is 23.2 Å². The van der Waals surface area contributed by atoms with Crippen molar-refractivity contribution in [1.82, 2.24) is 0 Å². The average Bonchev–Trinajstić information content (AvgIpc) is 3.70.